The number of hydrogen-bond donors (Lipinski definition) is 2. The van der Waals surface area contributed by atoms with Gasteiger partial charge in [0.15, 0.2) is 0 Å². The number of aromatic nitrogens is 3. The van der Waals surface area contributed by atoms with Gasteiger partial charge >= 0.3 is 5.97 Å². The molecule has 6 bridgehead atoms. The van der Waals surface area contributed by atoms with E-state index < -0.39 is 22.9 Å². The SMILES string of the molecule is CCn1c(-c2cccnc2C(C)OC)c2c3cc(ccc31)-c1csc(n1)C1(CC1)[C@@H](NC(=O)[C@H]1C[C@@H]1C)C(=O)N1C[C@H]3C[C@H]3[C@H](N1)C(=O)OCC(C)(C)C2. The lowest BCUT2D eigenvalue weighted by molar-refractivity contribution is -0.156. The summed E-state index contributed by atoms with van der Waals surface area (Å²) in [5.41, 5.74) is 9.35. The maximum absolute atomic E-state index is 14.6. The molecular weight excluding hydrogens is 701 g/mol. The van der Waals surface area contributed by atoms with Crippen molar-refractivity contribution < 1.29 is 23.9 Å². The number of pyridine rings is 1. The fourth-order valence-corrected chi connectivity index (χ4v) is 10.2. The summed E-state index contributed by atoms with van der Waals surface area (Å²) >= 11 is 1.56. The third kappa shape index (κ3) is 5.96. The second-order valence-corrected chi connectivity index (χ2v) is 18.1. The first-order chi connectivity index (χ1) is 25.9. The van der Waals surface area contributed by atoms with E-state index in [0.717, 1.165) is 81.9 Å². The molecule has 2 amide bonds. The number of hydrazine groups is 1. The number of amides is 2. The third-order valence-electron chi connectivity index (χ3n) is 12.8. The normalized spacial score (nSPS) is 28.6. The summed E-state index contributed by atoms with van der Waals surface area (Å²) < 4.78 is 14.4. The predicted octanol–water partition coefficient (Wildman–Crippen LogP) is 6.20. The van der Waals surface area contributed by atoms with Gasteiger partial charge in [0, 0.05) is 65.1 Å². The van der Waals surface area contributed by atoms with Gasteiger partial charge in [0.05, 0.1) is 35.2 Å². The standard InChI is InChI=1S/C42H50N6O5S/c1-7-47-32-11-10-24-16-29(32)30(35(47)26-9-8-14-43-33(26)23(3)52-6)18-41(4,5)21-53-39(51)34-28-17-25(28)19-48(46-34)38(50)36(45-37(49)27-15-22(27)2)42(12-13-42)40-44-31(24)20-54-40/h8-11,14,16,20,22-23,25,27-28,34,36,46H,7,12-13,15,17-19,21H2,1-6H3,(H,45,49)/t22-,23?,25+,27-,28+,34-,36-/m0/s1. The Morgan fingerprint density at radius 2 is 2.00 bits per heavy atom. The van der Waals surface area contributed by atoms with Crippen LogP contribution in [0.4, 0.5) is 0 Å². The number of fused-ring (bicyclic) bond motifs is 9. The largest absolute Gasteiger partial charge is 0.464 e. The number of hydrogen-bond acceptors (Lipinski definition) is 9. The van der Waals surface area contributed by atoms with Gasteiger partial charge in [-0.1, -0.05) is 26.8 Å². The van der Waals surface area contributed by atoms with Crippen molar-refractivity contribution in [1.82, 2.24) is 30.3 Å². The molecule has 3 aliphatic carbocycles. The number of carbonyl (C=O) groups excluding carboxylic acids is 3. The summed E-state index contributed by atoms with van der Waals surface area (Å²) in [6, 6.07) is 9.26. The molecule has 3 aromatic heterocycles. The van der Waals surface area contributed by atoms with Crippen molar-refractivity contribution in [2.75, 3.05) is 20.3 Å². The molecular formula is C42H50N6O5S. The van der Waals surface area contributed by atoms with E-state index in [4.69, 9.17) is 19.4 Å². The molecule has 1 aromatic carbocycles. The van der Waals surface area contributed by atoms with Gasteiger partial charge in [0.1, 0.15) is 17.1 Å². The highest BCUT2D eigenvalue weighted by atomic mass is 32.1. The van der Waals surface area contributed by atoms with Crippen LogP contribution in [0.5, 0.6) is 0 Å². The van der Waals surface area contributed by atoms with Gasteiger partial charge in [-0.05, 0) is 93.5 Å². The summed E-state index contributed by atoms with van der Waals surface area (Å²) in [6.45, 7) is 12.0. The lowest BCUT2D eigenvalue weighted by Crippen LogP contribution is -2.63. The van der Waals surface area contributed by atoms with Crippen molar-refractivity contribution in [2.24, 2.45) is 29.1 Å². The topological polar surface area (TPSA) is 128 Å². The molecule has 284 valence electrons. The zero-order valence-electron chi connectivity index (χ0n) is 32.0. The first-order valence-electron chi connectivity index (χ1n) is 19.6. The number of benzene rings is 1. The minimum Gasteiger partial charge on any atom is -0.464 e. The Bertz CT molecular complexity index is 2170. The van der Waals surface area contributed by atoms with Crippen LogP contribution in [0.2, 0.25) is 0 Å². The van der Waals surface area contributed by atoms with Crippen molar-refractivity contribution in [3.63, 3.8) is 0 Å². The van der Waals surface area contributed by atoms with E-state index in [2.05, 4.69) is 72.7 Å². The van der Waals surface area contributed by atoms with Gasteiger partial charge in [-0.2, -0.15) is 0 Å². The van der Waals surface area contributed by atoms with Crippen molar-refractivity contribution in [1.29, 1.82) is 0 Å². The first-order valence-corrected chi connectivity index (χ1v) is 20.4. The van der Waals surface area contributed by atoms with Gasteiger partial charge < -0.3 is 19.4 Å². The van der Waals surface area contributed by atoms with E-state index in [1.165, 1.54) is 0 Å². The molecule has 5 aliphatic rings. The average Bonchev–Trinajstić information content (AvgIpc) is 4.14. The van der Waals surface area contributed by atoms with Gasteiger partial charge in [-0.15, -0.1) is 11.3 Å². The molecule has 1 spiro atoms. The zero-order valence-corrected chi connectivity index (χ0v) is 32.8. The van der Waals surface area contributed by atoms with Crippen LogP contribution in [0.25, 0.3) is 33.4 Å². The molecule has 4 aromatic rings. The fraction of sp³-hybridized carbons (Fsp3) is 0.548. The lowest BCUT2D eigenvalue weighted by Gasteiger charge is -2.37. The molecule has 9 rings (SSSR count). The van der Waals surface area contributed by atoms with Crippen molar-refractivity contribution in [2.45, 2.75) is 96.9 Å². The molecule has 0 radical (unpaired) electrons. The smallest absolute Gasteiger partial charge is 0.325 e. The van der Waals surface area contributed by atoms with Crippen molar-refractivity contribution in [3.8, 4) is 22.5 Å². The van der Waals surface area contributed by atoms with E-state index in [1.54, 1.807) is 23.5 Å². The Morgan fingerprint density at radius 3 is 2.72 bits per heavy atom. The van der Waals surface area contributed by atoms with Crippen LogP contribution < -0.4 is 10.7 Å². The van der Waals surface area contributed by atoms with Crippen LogP contribution in [-0.2, 0) is 42.2 Å². The van der Waals surface area contributed by atoms with E-state index in [0.29, 0.717) is 18.9 Å². The van der Waals surface area contributed by atoms with Crippen LogP contribution in [-0.4, -0.2) is 69.7 Å². The fourth-order valence-electron chi connectivity index (χ4n) is 9.08. The van der Waals surface area contributed by atoms with Gasteiger partial charge in [0.25, 0.3) is 5.91 Å². The number of rotatable bonds is 6. The number of nitrogens with zero attached hydrogens (tertiary/aromatic N) is 4. The summed E-state index contributed by atoms with van der Waals surface area (Å²) in [5, 5.41) is 8.89. The molecule has 2 aliphatic heterocycles. The number of cyclic esters (lactones) is 1. The van der Waals surface area contributed by atoms with E-state index in [1.807, 2.05) is 19.2 Å². The lowest BCUT2D eigenvalue weighted by atomic mass is 9.84. The number of methoxy groups -OCH3 is 1. The minimum atomic E-state index is -0.785. The summed E-state index contributed by atoms with van der Waals surface area (Å²) in [7, 11) is 1.71. The quantitative estimate of drug-likeness (QED) is 0.223. The zero-order chi connectivity index (χ0) is 37.7. The maximum atomic E-state index is 14.6. The van der Waals surface area contributed by atoms with Crippen LogP contribution in [0.3, 0.4) is 0 Å². The summed E-state index contributed by atoms with van der Waals surface area (Å²) in [4.78, 5) is 52.2. The molecule has 2 N–H and O–H groups in total. The van der Waals surface area contributed by atoms with Gasteiger partial charge in [0.2, 0.25) is 5.91 Å². The highest BCUT2D eigenvalue weighted by molar-refractivity contribution is 7.10. The highest BCUT2D eigenvalue weighted by Gasteiger charge is 2.60. The van der Waals surface area contributed by atoms with Crippen LogP contribution in [0, 0.1) is 29.1 Å². The Hall–Kier alpha value is -4.13. The van der Waals surface area contributed by atoms with Gasteiger partial charge in [-0.3, -0.25) is 24.4 Å². The van der Waals surface area contributed by atoms with E-state index in [-0.39, 0.29) is 48.2 Å². The molecule has 3 saturated carbocycles. The van der Waals surface area contributed by atoms with Crippen molar-refractivity contribution >= 4 is 40.0 Å². The van der Waals surface area contributed by atoms with Crippen LogP contribution >= 0.6 is 11.3 Å². The van der Waals surface area contributed by atoms with Gasteiger partial charge in [-0.25, -0.2) is 10.4 Å². The Morgan fingerprint density at radius 1 is 1.20 bits per heavy atom. The molecule has 54 heavy (non-hydrogen) atoms. The summed E-state index contributed by atoms with van der Waals surface area (Å²) in [6.07, 6.45) is 5.41. The molecule has 4 fully saturated rings. The predicted molar refractivity (Wildman–Crippen MR) is 206 cm³/mol. The molecule has 1 saturated heterocycles. The number of esters is 1. The Balaban J connectivity index is 1.20. The molecule has 11 nitrogen and oxygen atoms in total. The van der Waals surface area contributed by atoms with Crippen LogP contribution in [0.1, 0.15) is 82.7 Å². The van der Waals surface area contributed by atoms with E-state index in [9.17, 15) is 14.4 Å². The number of ether oxygens (including phenoxy) is 2. The first kappa shape index (κ1) is 35.6. The number of thiazole rings is 1. The van der Waals surface area contributed by atoms with E-state index >= 15 is 0 Å². The molecule has 5 heterocycles. The third-order valence-corrected chi connectivity index (χ3v) is 13.8. The Labute approximate surface area is 320 Å². The minimum absolute atomic E-state index is 0.0727. The number of aryl methyl sites for hydroxylation is 1. The van der Waals surface area contributed by atoms with Crippen LogP contribution in [0.15, 0.2) is 41.9 Å². The highest BCUT2D eigenvalue weighted by Crippen LogP contribution is 2.54. The Kier molecular flexibility index (Phi) is 8.55. The second-order valence-electron chi connectivity index (χ2n) is 17.2. The molecule has 7 atom stereocenters. The van der Waals surface area contributed by atoms with Crippen molar-refractivity contribution in [3.05, 3.63) is 58.2 Å². The average molecular weight is 751 g/mol. The maximum Gasteiger partial charge on any atom is 0.325 e. The monoisotopic (exact) mass is 750 g/mol. The number of carbonyl (C=O) groups is 3. The number of nitrogens with one attached hydrogen (secondary N) is 2. The molecule has 1 unspecified atom stereocenters. The second kappa shape index (κ2) is 13.0. The molecule has 12 heteroatoms. The summed E-state index contributed by atoms with van der Waals surface area (Å²) in [5.74, 6) is -0.0562.